The van der Waals surface area contributed by atoms with Gasteiger partial charge < -0.3 is 5.32 Å². The Labute approximate surface area is 111 Å². The number of rotatable bonds is 6. The highest BCUT2D eigenvalue weighted by atomic mass is 32.1. The monoisotopic (exact) mass is 253 g/mol. The van der Waals surface area contributed by atoms with Gasteiger partial charge in [-0.25, -0.2) is 0 Å². The lowest BCUT2D eigenvalue weighted by Crippen LogP contribution is -2.37. The first-order chi connectivity index (χ1) is 7.90. The molecule has 0 amide bonds. The van der Waals surface area contributed by atoms with Crippen LogP contribution in [0.5, 0.6) is 0 Å². The molecule has 0 fully saturated rings. The predicted octanol–water partition coefficient (Wildman–Crippen LogP) is 4.27. The molecule has 1 nitrogen and oxygen atoms in total. The Hall–Kier alpha value is -0.340. The zero-order chi connectivity index (χ0) is 12.9. The summed E-state index contributed by atoms with van der Waals surface area (Å²) in [7, 11) is 0. The second-order valence-corrected chi connectivity index (χ2v) is 7.25. The van der Waals surface area contributed by atoms with Gasteiger partial charge in [0.25, 0.3) is 0 Å². The van der Waals surface area contributed by atoms with Crippen LogP contribution in [0.1, 0.15) is 50.8 Å². The first-order valence-corrected chi connectivity index (χ1v) is 7.55. The summed E-state index contributed by atoms with van der Waals surface area (Å²) in [6.45, 7) is 12.4. The van der Waals surface area contributed by atoms with Crippen LogP contribution in [0.15, 0.2) is 12.1 Å². The van der Waals surface area contributed by atoms with Crippen molar-refractivity contribution in [2.24, 2.45) is 5.92 Å². The molecule has 0 aliphatic carbocycles. The molecular weight excluding hydrogens is 226 g/mol. The Balaban J connectivity index is 2.27. The minimum Gasteiger partial charge on any atom is -0.312 e. The average molecular weight is 253 g/mol. The van der Waals surface area contributed by atoms with Crippen LogP contribution in [0.25, 0.3) is 0 Å². The molecule has 98 valence electrons. The maximum atomic E-state index is 3.56. The van der Waals surface area contributed by atoms with Crippen molar-refractivity contribution in [3.8, 4) is 0 Å². The normalized spacial score (nSPS) is 13.9. The fourth-order valence-electron chi connectivity index (χ4n) is 1.86. The fourth-order valence-corrected chi connectivity index (χ4v) is 2.98. The van der Waals surface area contributed by atoms with E-state index in [1.165, 1.54) is 24.1 Å². The van der Waals surface area contributed by atoms with Gasteiger partial charge in [-0.2, -0.15) is 0 Å². The van der Waals surface area contributed by atoms with E-state index in [0.717, 1.165) is 12.5 Å². The minimum atomic E-state index is 0.248. The lowest BCUT2D eigenvalue weighted by atomic mass is 10.0. The van der Waals surface area contributed by atoms with Crippen molar-refractivity contribution < 1.29 is 0 Å². The molecule has 0 spiro atoms. The number of aryl methyl sites for hydroxylation is 1. The number of thiophene rings is 1. The van der Waals surface area contributed by atoms with Gasteiger partial charge in [0.05, 0.1) is 0 Å². The molecule has 1 aromatic rings. The first-order valence-electron chi connectivity index (χ1n) is 6.73. The van der Waals surface area contributed by atoms with Crippen molar-refractivity contribution in [1.82, 2.24) is 5.32 Å². The number of hydrogen-bond donors (Lipinski definition) is 1. The van der Waals surface area contributed by atoms with Crippen LogP contribution < -0.4 is 5.32 Å². The predicted molar refractivity (Wildman–Crippen MR) is 78.9 cm³/mol. The van der Waals surface area contributed by atoms with Gasteiger partial charge in [-0.05, 0) is 64.6 Å². The maximum Gasteiger partial charge on any atom is 0.00965 e. The quantitative estimate of drug-likeness (QED) is 0.798. The SMILES string of the molecule is CCc1ccc(CC(C)CCNC(C)(C)C)s1. The van der Waals surface area contributed by atoms with Gasteiger partial charge in [0.1, 0.15) is 0 Å². The van der Waals surface area contributed by atoms with Crippen LogP contribution >= 0.6 is 11.3 Å². The van der Waals surface area contributed by atoms with Crippen molar-refractivity contribution in [2.75, 3.05) is 6.54 Å². The summed E-state index contributed by atoms with van der Waals surface area (Å²) in [5, 5.41) is 3.56. The van der Waals surface area contributed by atoms with Gasteiger partial charge in [-0.3, -0.25) is 0 Å². The van der Waals surface area contributed by atoms with Crippen LogP contribution in [0.3, 0.4) is 0 Å². The Kier molecular flexibility index (Phi) is 5.68. The van der Waals surface area contributed by atoms with E-state index in [1.54, 1.807) is 4.88 Å². The van der Waals surface area contributed by atoms with Crippen molar-refractivity contribution in [3.63, 3.8) is 0 Å². The van der Waals surface area contributed by atoms with Gasteiger partial charge >= 0.3 is 0 Å². The van der Waals surface area contributed by atoms with Crippen LogP contribution in [0.4, 0.5) is 0 Å². The molecule has 0 saturated heterocycles. The minimum absolute atomic E-state index is 0.248. The number of nitrogens with one attached hydrogen (secondary N) is 1. The van der Waals surface area contributed by atoms with Crippen molar-refractivity contribution in [3.05, 3.63) is 21.9 Å². The largest absolute Gasteiger partial charge is 0.312 e. The highest BCUT2D eigenvalue weighted by Crippen LogP contribution is 2.21. The zero-order valence-electron chi connectivity index (χ0n) is 12.0. The Morgan fingerprint density at radius 1 is 1.24 bits per heavy atom. The molecule has 17 heavy (non-hydrogen) atoms. The van der Waals surface area contributed by atoms with Gasteiger partial charge in [0.2, 0.25) is 0 Å². The van der Waals surface area contributed by atoms with Gasteiger partial charge in [0.15, 0.2) is 0 Å². The second-order valence-electron chi connectivity index (χ2n) is 6.00. The zero-order valence-corrected chi connectivity index (χ0v) is 12.8. The van der Waals surface area contributed by atoms with Crippen molar-refractivity contribution >= 4 is 11.3 Å². The standard InChI is InChI=1S/C15H27NS/c1-6-13-7-8-14(17-13)11-12(2)9-10-16-15(3,4)5/h7-8,12,16H,6,9-11H2,1-5H3. The summed E-state index contributed by atoms with van der Waals surface area (Å²) in [4.78, 5) is 3.06. The highest BCUT2D eigenvalue weighted by molar-refractivity contribution is 7.11. The molecule has 0 aliphatic rings. The summed E-state index contributed by atoms with van der Waals surface area (Å²) < 4.78 is 0. The molecule has 1 rings (SSSR count). The Bertz CT molecular complexity index is 322. The molecule has 0 radical (unpaired) electrons. The summed E-state index contributed by atoms with van der Waals surface area (Å²) in [5.41, 5.74) is 0.248. The molecule has 0 bridgehead atoms. The lowest BCUT2D eigenvalue weighted by molar-refractivity contribution is 0.394. The molecule has 0 aromatic carbocycles. The first kappa shape index (κ1) is 14.7. The van der Waals surface area contributed by atoms with Crippen LogP contribution in [0.2, 0.25) is 0 Å². The smallest absolute Gasteiger partial charge is 0.00965 e. The summed E-state index contributed by atoms with van der Waals surface area (Å²) in [6, 6.07) is 4.58. The third kappa shape index (κ3) is 6.23. The van der Waals surface area contributed by atoms with Crippen molar-refractivity contribution in [1.29, 1.82) is 0 Å². The molecular formula is C15H27NS. The Morgan fingerprint density at radius 2 is 1.88 bits per heavy atom. The molecule has 1 unspecified atom stereocenters. The van der Waals surface area contributed by atoms with E-state index in [2.05, 4.69) is 52.1 Å². The Morgan fingerprint density at radius 3 is 2.41 bits per heavy atom. The average Bonchev–Trinajstić information content (AvgIpc) is 2.63. The highest BCUT2D eigenvalue weighted by Gasteiger charge is 2.10. The van der Waals surface area contributed by atoms with Crippen LogP contribution in [-0.4, -0.2) is 12.1 Å². The number of hydrogen-bond acceptors (Lipinski definition) is 2. The van der Waals surface area contributed by atoms with E-state index in [9.17, 15) is 0 Å². The molecule has 0 aliphatic heterocycles. The van der Waals surface area contributed by atoms with E-state index in [1.807, 2.05) is 11.3 Å². The van der Waals surface area contributed by atoms with E-state index in [0.29, 0.717) is 0 Å². The van der Waals surface area contributed by atoms with E-state index in [4.69, 9.17) is 0 Å². The summed E-state index contributed by atoms with van der Waals surface area (Å²) in [6.07, 6.45) is 3.66. The van der Waals surface area contributed by atoms with Gasteiger partial charge in [-0.1, -0.05) is 13.8 Å². The maximum absolute atomic E-state index is 3.56. The topological polar surface area (TPSA) is 12.0 Å². The molecule has 1 aromatic heterocycles. The van der Waals surface area contributed by atoms with Crippen molar-refractivity contribution in [2.45, 2.75) is 59.4 Å². The lowest BCUT2D eigenvalue weighted by Gasteiger charge is -2.21. The van der Waals surface area contributed by atoms with E-state index >= 15 is 0 Å². The summed E-state index contributed by atoms with van der Waals surface area (Å²) >= 11 is 1.98. The molecule has 1 heterocycles. The molecule has 2 heteroatoms. The van der Waals surface area contributed by atoms with E-state index < -0.39 is 0 Å². The third-order valence-electron chi connectivity index (χ3n) is 2.91. The van der Waals surface area contributed by atoms with Crippen LogP contribution in [-0.2, 0) is 12.8 Å². The van der Waals surface area contributed by atoms with Crippen LogP contribution in [0, 0.1) is 5.92 Å². The van der Waals surface area contributed by atoms with E-state index in [-0.39, 0.29) is 5.54 Å². The second kappa shape index (κ2) is 6.55. The molecule has 0 saturated carbocycles. The molecule has 1 N–H and O–H groups in total. The van der Waals surface area contributed by atoms with Gasteiger partial charge in [-0.15, -0.1) is 11.3 Å². The summed E-state index contributed by atoms with van der Waals surface area (Å²) in [5.74, 6) is 0.771. The fraction of sp³-hybridized carbons (Fsp3) is 0.733. The molecule has 1 atom stereocenters. The third-order valence-corrected chi connectivity index (χ3v) is 4.16. The van der Waals surface area contributed by atoms with Gasteiger partial charge in [0, 0.05) is 15.3 Å².